The topological polar surface area (TPSA) is 50.4 Å². The lowest BCUT2D eigenvalue weighted by atomic mass is 10.1. The van der Waals surface area contributed by atoms with Crippen molar-refractivity contribution in [3.63, 3.8) is 0 Å². The molecule has 25 heavy (non-hydrogen) atoms. The number of benzene rings is 2. The van der Waals surface area contributed by atoms with Crippen LogP contribution in [-0.4, -0.2) is 19.2 Å². The Bertz CT molecular complexity index is 788. The van der Waals surface area contributed by atoms with E-state index in [1.54, 1.807) is 0 Å². The minimum atomic E-state index is -0.280. The molecule has 0 radical (unpaired) electrons. The number of carbonyl (C=O) groups excluding carboxylic acids is 1. The van der Waals surface area contributed by atoms with Gasteiger partial charge in [0.2, 0.25) is 0 Å². The molecular weight excluding hydrogens is 312 g/mol. The number of ether oxygens (including phenoxy) is 1. The van der Waals surface area contributed by atoms with E-state index in [1.165, 1.54) is 0 Å². The van der Waals surface area contributed by atoms with Crippen LogP contribution in [0.5, 0.6) is 5.75 Å². The Morgan fingerprint density at radius 2 is 2.04 bits per heavy atom. The van der Waals surface area contributed by atoms with E-state index in [0.717, 1.165) is 29.0 Å². The smallest absolute Gasteiger partial charge is 0.319 e. The quantitative estimate of drug-likeness (QED) is 0.621. The molecule has 0 aliphatic rings. The Balaban J connectivity index is 1.72. The van der Waals surface area contributed by atoms with Crippen LogP contribution in [0.2, 0.25) is 0 Å². The third-order valence-electron chi connectivity index (χ3n) is 3.37. The summed E-state index contributed by atoms with van der Waals surface area (Å²) >= 11 is 0. The fraction of sp³-hybridized carbons (Fsp3) is 0.190. The molecule has 0 atom stereocenters. The van der Waals surface area contributed by atoms with Crippen LogP contribution in [-0.2, 0) is 6.42 Å². The number of hydrogen-bond donors (Lipinski definition) is 2. The van der Waals surface area contributed by atoms with Gasteiger partial charge >= 0.3 is 6.03 Å². The third kappa shape index (κ3) is 6.44. The minimum absolute atomic E-state index is 0.259. The van der Waals surface area contributed by atoms with Gasteiger partial charge in [-0.15, -0.1) is 6.58 Å². The van der Waals surface area contributed by atoms with Gasteiger partial charge < -0.3 is 15.4 Å². The van der Waals surface area contributed by atoms with Gasteiger partial charge in [-0.05, 0) is 42.7 Å². The SMILES string of the molecule is C=CCc1ccccc1OCC#CCNC(=O)Nc1cccc(C)c1. The standard InChI is InChI=1S/C21H22N2O2/c1-3-9-18-11-4-5-13-20(18)25-15-7-6-14-22-21(24)23-19-12-8-10-17(2)16-19/h3-5,8,10-13,16H,1,9,14-15H2,2H3,(H2,22,23,24). The van der Waals surface area contributed by atoms with E-state index in [1.807, 2.05) is 61.5 Å². The molecule has 2 rings (SSSR count). The summed E-state index contributed by atoms with van der Waals surface area (Å²) in [6, 6.07) is 15.1. The largest absolute Gasteiger partial charge is 0.481 e. The molecular formula is C21H22N2O2. The Labute approximate surface area is 148 Å². The molecule has 2 aromatic rings. The lowest BCUT2D eigenvalue weighted by Gasteiger charge is -2.07. The summed E-state index contributed by atoms with van der Waals surface area (Å²) in [5.41, 5.74) is 2.93. The van der Waals surface area contributed by atoms with Crippen LogP contribution in [0.25, 0.3) is 0 Å². The summed E-state index contributed by atoms with van der Waals surface area (Å²) in [6.45, 7) is 6.25. The minimum Gasteiger partial charge on any atom is -0.481 e. The van der Waals surface area contributed by atoms with Gasteiger partial charge in [-0.2, -0.15) is 0 Å². The molecule has 2 amide bonds. The van der Waals surface area contributed by atoms with E-state index < -0.39 is 0 Å². The summed E-state index contributed by atoms with van der Waals surface area (Å²) in [5, 5.41) is 5.45. The lowest BCUT2D eigenvalue weighted by Crippen LogP contribution is -2.28. The lowest BCUT2D eigenvalue weighted by molar-refractivity contribution is 0.253. The van der Waals surface area contributed by atoms with Crippen LogP contribution in [0.4, 0.5) is 10.5 Å². The first kappa shape index (κ1) is 18.2. The van der Waals surface area contributed by atoms with E-state index in [0.29, 0.717) is 0 Å². The second-order valence-electron chi connectivity index (χ2n) is 5.42. The van der Waals surface area contributed by atoms with Crippen molar-refractivity contribution in [1.82, 2.24) is 5.32 Å². The molecule has 128 valence electrons. The van der Waals surface area contributed by atoms with Crippen LogP contribution in [0.15, 0.2) is 61.2 Å². The second-order valence-corrected chi connectivity index (χ2v) is 5.42. The van der Waals surface area contributed by atoms with Crippen molar-refractivity contribution >= 4 is 11.7 Å². The second kappa shape index (κ2) is 9.84. The Kier molecular flexibility index (Phi) is 7.14. The molecule has 0 unspecified atom stereocenters. The highest BCUT2D eigenvalue weighted by atomic mass is 16.5. The Morgan fingerprint density at radius 1 is 1.20 bits per heavy atom. The first-order valence-corrected chi connectivity index (χ1v) is 8.08. The van der Waals surface area contributed by atoms with Crippen molar-refractivity contribution in [3.05, 3.63) is 72.3 Å². The van der Waals surface area contributed by atoms with Crippen LogP contribution in [0, 0.1) is 18.8 Å². The predicted octanol–water partition coefficient (Wildman–Crippen LogP) is 3.93. The zero-order valence-electron chi connectivity index (χ0n) is 14.3. The average molecular weight is 334 g/mol. The molecule has 0 fully saturated rings. The molecule has 0 aliphatic carbocycles. The molecule has 0 spiro atoms. The zero-order chi connectivity index (χ0) is 17.9. The highest BCUT2D eigenvalue weighted by molar-refractivity contribution is 5.89. The summed E-state index contributed by atoms with van der Waals surface area (Å²) in [7, 11) is 0. The monoisotopic (exact) mass is 334 g/mol. The number of aryl methyl sites for hydroxylation is 1. The van der Waals surface area contributed by atoms with Crippen molar-refractivity contribution in [2.75, 3.05) is 18.5 Å². The number of allylic oxidation sites excluding steroid dienone is 1. The van der Waals surface area contributed by atoms with Crippen molar-refractivity contribution in [2.24, 2.45) is 0 Å². The van der Waals surface area contributed by atoms with Gasteiger partial charge in [-0.25, -0.2) is 4.79 Å². The van der Waals surface area contributed by atoms with E-state index in [-0.39, 0.29) is 19.2 Å². The maximum absolute atomic E-state index is 11.8. The summed E-state index contributed by atoms with van der Waals surface area (Å²) in [6.07, 6.45) is 2.59. The molecule has 0 heterocycles. The number of nitrogens with one attached hydrogen (secondary N) is 2. The number of carbonyl (C=O) groups is 1. The third-order valence-corrected chi connectivity index (χ3v) is 3.37. The van der Waals surface area contributed by atoms with Gasteiger partial charge in [0.15, 0.2) is 0 Å². The number of para-hydroxylation sites is 1. The van der Waals surface area contributed by atoms with E-state index in [9.17, 15) is 4.79 Å². The van der Waals surface area contributed by atoms with Gasteiger partial charge in [0.25, 0.3) is 0 Å². The summed E-state index contributed by atoms with van der Waals surface area (Å²) in [5.74, 6) is 6.57. The molecule has 2 N–H and O–H groups in total. The van der Waals surface area contributed by atoms with Gasteiger partial charge in [0, 0.05) is 5.69 Å². The Hall–Kier alpha value is -3.19. The zero-order valence-corrected chi connectivity index (χ0v) is 14.3. The summed E-state index contributed by atoms with van der Waals surface area (Å²) < 4.78 is 5.66. The van der Waals surface area contributed by atoms with Gasteiger partial charge in [0.05, 0.1) is 6.54 Å². The van der Waals surface area contributed by atoms with Crippen LogP contribution >= 0.6 is 0 Å². The number of amides is 2. The summed E-state index contributed by atoms with van der Waals surface area (Å²) in [4.78, 5) is 11.8. The number of rotatable bonds is 6. The maximum atomic E-state index is 11.8. The first-order chi connectivity index (χ1) is 12.2. The van der Waals surface area contributed by atoms with Gasteiger partial charge in [-0.1, -0.05) is 48.2 Å². The normalized spacial score (nSPS) is 9.48. The highest BCUT2D eigenvalue weighted by Crippen LogP contribution is 2.18. The molecule has 0 saturated heterocycles. The molecule has 0 bridgehead atoms. The number of anilines is 1. The van der Waals surface area contributed by atoms with Crippen LogP contribution in [0.3, 0.4) is 0 Å². The highest BCUT2D eigenvalue weighted by Gasteiger charge is 2.00. The first-order valence-electron chi connectivity index (χ1n) is 8.08. The van der Waals surface area contributed by atoms with Crippen molar-refractivity contribution in [2.45, 2.75) is 13.3 Å². The van der Waals surface area contributed by atoms with E-state index in [4.69, 9.17) is 4.74 Å². The molecule has 0 aromatic heterocycles. The van der Waals surface area contributed by atoms with Gasteiger partial charge in [0.1, 0.15) is 12.4 Å². The fourth-order valence-electron chi connectivity index (χ4n) is 2.22. The molecule has 4 nitrogen and oxygen atoms in total. The van der Waals surface area contributed by atoms with Crippen molar-refractivity contribution in [1.29, 1.82) is 0 Å². The van der Waals surface area contributed by atoms with Crippen LogP contribution < -0.4 is 15.4 Å². The number of hydrogen-bond acceptors (Lipinski definition) is 2. The van der Waals surface area contributed by atoms with Crippen molar-refractivity contribution in [3.8, 4) is 17.6 Å². The molecule has 4 heteroatoms. The van der Waals surface area contributed by atoms with Crippen molar-refractivity contribution < 1.29 is 9.53 Å². The fourth-order valence-corrected chi connectivity index (χ4v) is 2.22. The molecule has 0 saturated carbocycles. The van der Waals surface area contributed by atoms with Crippen LogP contribution in [0.1, 0.15) is 11.1 Å². The maximum Gasteiger partial charge on any atom is 0.319 e. The number of urea groups is 1. The average Bonchev–Trinajstić information content (AvgIpc) is 2.59. The molecule has 0 aliphatic heterocycles. The Morgan fingerprint density at radius 3 is 2.84 bits per heavy atom. The van der Waals surface area contributed by atoms with E-state index >= 15 is 0 Å². The van der Waals surface area contributed by atoms with Gasteiger partial charge in [-0.3, -0.25) is 0 Å². The predicted molar refractivity (Wildman–Crippen MR) is 102 cm³/mol. The molecule has 2 aromatic carbocycles. The van der Waals surface area contributed by atoms with E-state index in [2.05, 4.69) is 29.1 Å².